The van der Waals surface area contributed by atoms with Crippen molar-refractivity contribution in [3.63, 3.8) is 0 Å². The monoisotopic (exact) mass is 438 g/mol. The van der Waals surface area contributed by atoms with Crippen LogP contribution < -0.4 is 30.2 Å². The Morgan fingerprint density at radius 1 is 0.968 bits per heavy atom. The van der Waals surface area contributed by atoms with Crippen LogP contribution >= 0.6 is 0 Å². The minimum absolute atomic E-state index is 0.456. The van der Waals surface area contributed by atoms with Crippen LogP contribution in [0.5, 0.6) is 17.2 Å². The number of guanidine groups is 1. The third-order valence-electron chi connectivity index (χ3n) is 4.23. The van der Waals surface area contributed by atoms with Gasteiger partial charge in [-0.3, -0.25) is 4.99 Å². The average Bonchev–Trinajstić information content (AvgIpc) is 2.67. The number of alkyl carbamates (subject to hydrolysis) is 1. The van der Waals surface area contributed by atoms with Crippen LogP contribution in [-0.4, -0.2) is 64.7 Å². The molecule has 9 nitrogen and oxygen atoms in total. The molecule has 0 bridgehead atoms. The van der Waals surface area contributed by atoms with E-state index in [2.05, 4.69) is 20.9 Å². The lowest BCUT2D eigenvalue weighted by atomic mass is 10.1. The first-order chi connectivity index (χ1) is 14.5. The number of nitrogens with zero attached hydrogens (tertiary/aromatic N) is 1. The van der Waals surface area contributed by atoms with Gasteiger partial charge < -0.3 is 34.9 Å². The molecular formula is C22H38N4O5. The highest BCUT2D eigenvalue weighted by Crippen LogP contribution is 2.39. The molecule has 1 amide bonds. The maximum atomic E-state index is 12.0. The lowest BCUT2D eigenvalue weighted by Gasteiger charge is -2.29. The molecule has 3 N–H and O–H groups in total. The van der Waals surface area contributed by atoms with Crippen molar-refractivity contribution in [2.45, 2.75) is 52.2 Å². The van der Waals surface area contributed by atoms with Crippen molar-refractivity contribution >= 4 is 12.1 Å². The number of methoxy groups -OCH3 is 3. The predicted molar refractivity (Wildman–Crippen MR) is 123 cm³/mol. The topological polar surface area (TPSA) is 102 Å². The van der Waals surface area contributed by atoms with Gasteiger partial charge in [0.2, 0.25) is 5.75 Å². The summed E-state index contributed by atoms with van der Waals surface area (Å²) in [5.74, 6) is 2.46. The predicted octanol–water partition coefficient (Wildman–Crippen LogP) is 2.72. The molecule has 0 aromatic heterocycles. The van der Waals surface area contributed by atoms with E-state index in [-0.39, 0.29) is 0 Å². The Kier molecular flexibility index (Phi) is 9.74. The SMILES string of the molecule is CN=C(NCCc1ccc(OC)c(OC)c1OC)NCC(C)(C)NC(=O)OC(C)(C)C. The summed E-state index contributed by atoms with van der Waals surface area (Å²) < 4.78 is 21.6. The van der Waals surface area contributed by atoms with Crippen molar-refractivity contribution < 1.29 is 23.7 Å². The van der Waals surface area contributed by atoms with Crippen LogP contribution in [0.25, 0.3) is 0 Å². The quantitative estimate of drug-likeness (QED) is 0.402. The second-order valence-electron chi connectivity index (χ2n) is 8.61. The first kappa shape index (κ1) is 26.2. The minimum atomic E-state index is -0.545. The summed E-state index contributed by atoms with van der Waals surface area (Å²) in [5, 5.41) is 9.36. The zero-order valence-corrected chi connectivity index (χ0v) is 20.3. The van der Waals surface area contributed by atoms with Gasteiger partial charge in [0.25, 0.3) is 0 Å². The molecule has 1 aromatic carbocycles. The van der Waals surface area contributed by atoms with Crippen molar-refractivity contribution in [1.82, 2.24) is 16.0 Å². The molecule has 0 atom stereocenters. The molecule has 0 saturated carbocycles. The third kappa shape index (κ3) is 8.82. The van der Waals surface area contributed by atoms with Gasteiger partial charge >= 0.3 is 6.09 Å². The van der Waals surface area contributed by atoms with Crippen molar-refractivity contribution in [3.8, 4) is 17.2 Å². The summed E-state index contributed by atoms with van der Waals surface area (Å²) in [5.41, 5.74) is -0.0989. The summed E-state index contributed by atoms with van der Waals surface area (Å²) in [6.07, 6.45) is 0.229. The van der Waals surface area contributed by atoms with E-state index in [9.17, 15) is 4.79 Å². The van der Waals surface area contributed by atoms with Crippen LogP contribution in [0.3, 0.4) is 0 Å². The van der Waals surface area contributed by atoms with Gasteiger partial charge in [0.15, 0.2) is 17.5 Å². The lowest BCUT2D eigenvalue weighted by molar-refractivity contribution is 0.0474. The van der Waals surface area contributed by atoms with Crippen LogP contribution in [0, 0.1) is 0 Å². The number of hydrogen-bond acceptors (Lipinski definition) is 6. The molecule has 31 heavy (non-hydrogen) atoms. The maximum absolute atomic E-state index is 12.0. The summed E-state index contributed by atoms with van der Waals surface area (Å²) >= 11 is 0. The number of benzene rings is 1. The fourth-order valence-corrected chi connectivity index (χ4v) is 2.83. The third-order valence-corrected chi connectivity index (χ3v) is 4.23. The summed E-state index contributed by atoms with van der Waals surface area (Å²) in [4.78, 5) is 16.3. The van der Waals surface area contributed by atoms with Crippen molar-refractivity contribution in [3.05, 3.63) is 17.7 Å². The Balaban J connectivity index is 2.63. The highest BCUT2D eigenvalue weighted by atomic mass is 16.6. The molecule has 0 fully saturated rings. The molecule has 0 spiro atoms. The van der Waals surface area contributed by atoms with Gasteiger partial charge in [0.1, 0.15) is 5.60 Å². The molecule has 0 aliphatic heterocycles. The van der Waals surface area contributed by atoms with Crippen LogP contribution in [0.4, 0.5) is 4.79 Å². The van der Waals surface area contributed by atoms with Gasteiger partial charge in [-0.25, -0.2) is 4.79 Å². The Bertz CT molecular complexity index is 757. The maximum Gasteiger partial charge on any atom is 0.408 e. The van der Waals surface area contributed by atoms with Crippen LogP contribution in [0.1, 0.15) is 40.2 Å². The second-order valence-corrected chi connectivity index (χ2v) is 8.61. The van der Waals surface area contributed by atoms with E-state index in [4.69, 9.17) is 18.9 Å². The number of nitrogens with one attached hydrogen (secondary N) is 3. The van der Waals surface area contributed by atoms with Crippen molar-refractivity contribution in [2.24, 2.45) is 4.99 Å². The number of ether oxygens (including phenoxy) is 4. The first-order valence-corrected chi connectivity index (χ1v) is 10.2. The van der Waals surface area contributed by atoms with Gasteiger partial charge in [0, 0.05) is 25.7 Å². The number of amides is 1. The summed E-state index contributed by atoms with van der Waals surface area (Å²) in [6, 6.07) is 3.81. The van der Waals surface area contributed by atoms with Gasteiger partial charge in [-0.2, -0.15) is 0 Å². The molecule has 1 rings (SSSR count). The van der Waals surface area contributed by atoms with Crippen LogP contribution in [0.15, 0.2) is 17.1 Å². The summed E-state index contributed by atoms with van der Waals surface area (Å²) in [7, 11) is 6.48. The normalized spacial score (nSPS) is 12.1. The molecule has 0 heterocycles. The number of rotatable bonds is 9. The standard InChI is InChI=1S/C22H38N4O5/c1-21(2,3)31-20(27)26-22(4,5)14-25-19(23-6)24-13-12-15-10-11-16(28-7)18(30-9)17(15)29-8/h10-11H,12-14H2,1-9H3,(H,26,27)(H2,23,24,25). The highest BCUT2D eigenvalue weighted by molar-refractivity contribution is 5.79. The number of aliphatic imine (C=N–C) groups is 1. The number of carbonyl (C=O) groups excluding carboxylic acids is 1. The van der Waals surface area contributed by atoms with E-state index < -0.39 is 17.2 Å². The Hall–Kier alpha value is -2.84. The molecule has 0 saturated heterocycles. The van der Waals surface area contributed by atoms with E-state index in [0.29, 0.717) is 42.7 Å². The average molecular weight is 439 g/mol. The molecule has 0 aliphatic carbocycles. The van der Waals surface area contributed by atoms with Gasteiger partial charge in [-0.1, -0.05) is 6.07 Å². The van der Waals surface area contributed by atoms with E-state index in [1.165, 1.54) is 0 Å². The molecular weight excluding hydrogens is 400 g/mol. The number of hydrogen-bond donors (Lipinski definition) is 3. The number of carbonyl (C=O) groups is 1. The summed E-state index contributed by atoms with van der Waals surface area (Å²) in [6.45, 7) is 10.4. The first-order valence-electron chi connectivity index (χ1n) is 10.2. The molecule has 9 heteroatoms. The van der Waals surface area contributed by atoms with E-state index in [1.807, 2.05) is 46.8 Å². The van der Waals surface area contributed by atoms with Crippen molar-refractivity contribution in [1.29, 1.82) is 0 Å². The van der Waals surface area contributed by atoms with Crippen molar-refractivity contribution in [2.75, 3.05) is 41.5 Å². The Morgan fingerprint density at radius 2 is 1.61 bits per heavy atom. The van der Waals surface area contributed by atoms with E-state index in [1.54, 1.807) is 28.4 Å². The Labute approximate surface area is 185 Å². The molecule has 0 aliphatic rings. The van der Waals surface area contributed by atoms with Gasteiger partial charge in [0.05, 0.1) is 26.9 Å². The van der Waals surface area contributed by atoms with Gasteiger partial charge in [-0.15, -0.1) is 0 Å². The molecule has 176 valence electrons. The van der Waals surface area contributed by atoms with Crippen LogP contribution in [-0.2, 0) is 11.2 Å². The van der Waals surface area contributed by atoms with E-state index in [0.717, 1.165) is 5.56 Å². The zero-order chi connectivity index (χ0) is 23.7. The van der Waals surface area contributed by atoms with Gasteiger partial charge in [-0.05, 0) is 47.1 Å². The molecule has 1 aromatic rings. The molecule has 0 radical (unpaired) electrons. The fraction of sp³-hybridized carbons (Fsp3) is 0.636. The lowest BCUT2D eigenvalue weighted by Crippen LogP contribution is -2.54. The Morgan fingerprint density at radius 3 is 2.13 bits per heavy atom. The largest absolute Gasteiger partial charge is 0.493 e. The highest BCUT2D eigenvalue weighted by Gasteiger charge is 2.24. The minimum Gasteiger partial charge on any atom is -0.493 e. The fourth-order valence-electron chi connectivity index (χ4n) is 2.83. The smallest absolute Gasteiger partial charge is 0.408 e. The van der Waals surface area contributed by atoms with E-state index >= 15 is 0 Å². The second kappa shape index (κ2) is 11.5. The zero-order valence-electron chi connectivity index (χ0n) is 20.3. The van der Waals surface area contributed by atoms with Crippen LogP contribution in [0.2, 0.25) is 0 Å². The molecule has 0 unspecified atom stereocenters.